The third-order valence-corrected chi connectivity index (χ3v) is 2.55. The maximum atomic E-state index is 12.0. The summed E-state index contributed by atoms with van der Waals surface area (Å²) in [6.45, 7) is -2.88. The van der Waals surface area contributed by atoms with Gasteiger partial charge in [-0.25, -0.2) is 4.98 Å². The van der Waals surface area contributed by atoms with E-state index in [1.165, 1.54) is 37.6 Å². The van der Waals surface area contributed by atoms with Crippen LogP contribution in [0.15, 0.2) is 42.6 Å². The minimum Gasteiger partial charge on any atom is -0.481 e. The van der Waals surface area contributed by atoms with Gasteiger partial charge < -0.3 is 14.8 Å². The summed E-state index contributed by atoms with van der Waals surface area (Å²) in [4.78, 5) is 15.9. The van der Waals surface area contributed by atoms with Crippen molar-refractivity contribution in [3.63, 3.8) is 0 Å². The lowest BCUT2D eigenvalue weighted by Crippen LogP contribution is -2.12. The number of halogens is 2. The molecule has 0 unspecified atom stereocenters. The zero-order valence-electron chi connectivity index (χ0n) is 11.0. The Bertz CT molecular complexity index is 601. The number of alkyl halides is 2. The van der Waals surface area contributed by atoms with E-state index in [0.29, 0.717) is 17.1 Å². The van der Waals surface area contributed by atoms with E-state index in [1.807, 2.05) is 0 Å². The minimum absolute atomic E-state index is 0.0223. The molecule has 5 nitrogen and oxygen atoms in total. The largest absolute Gasteiger partial charge is 0.481 e. The van der Waals surface area contributed by atoms with Crippen LogP contribution in [0.3, 0.4) is 0 Å². The fourth-order valence-electron chi connectivity index (χ4n) is 1.56. The van der Waals surface area contributed by atoms with Crippen molar-refractivity contribution in [3.05, 3.63) is 48.2 Å². The molecule has 1 N–H and O–H groups in total. The molecule has 0 atom stereocenters. The number of anilines is 1. The Kier molecular flexibility index (Phi) is 4.65. The molecular weight excluding hydrogens is 282 g/mol. The van der Waals surface area contributed by atoms with Gasteiger partial charge in [-0.3, -0.25) is 4.79 Å². The number of hydrogen-bond donors (Lipinski definition) is 1. The van der Waals surface area contributed by atoms with Crippen LogP contribution in [0.5, 0.6) is 11.6 Å². The maximum absolute atomic E-state index is 12.0. The zero-order valence-corrected chi connectivity index (χ0v) is 11.0. The number of nitrogens with one attached hydrogen (secondary N) is 1. The van der Waals surface area contributed by atoms with E-state index in [4.69, 9.17) is 4.74 Å². The van der Waals surface area contributed by atoms with Crippen molar-refractivity contribution >= 4 is 11.6 Å². The molecule has 1 amide bonds. The van der Waals surface area contributed by atoms with E-state index in [1.54, 1.807) is 12.1 Å². The lowest BCUT2D eigenvalue weighted by molar-refractivity contribution is -0.0498. The van der Waals surface area contributed by atoms with E-state index in [9.17, 15) is 13.6 Å². The molecule has 7 heteroatoms. The van der Waals surface area contributed by atoms with Crippen molar-refractivity contribution in [2.45, 2.75) is 6.61 Å². The second kappa shape index (κ2) is 6.65. The van der Waals surface area contributed by atoms with Crippen LogP contribution in [-0.4, -0.2) is 24.6 Å². The first-order valence-electron chi connectivity index (χ1n) is 5.95. The molecular formula is C14H12F2N2O3. The monoisotopic (exact) mass is 294 g/mol. The van der Waals surface area contributed by atoms with Crippen molar-refractivity contribution in [1.82, 2.24) is 4.98 Å². The van der Waals surface area contributed by atoms with Crippen LogP contribution >= 0.6 is 0 Å². The maximum Gasteiger partial charge on any atom is 0.387 e. The molecule has 21 heavy (non-hydrogen) atoms. The molecule has 0 saturated heterocycles. The van der Waals surface area contributed by atoms with Gasteiger partial charge in [-0.2, -0.15) is 8.78 Å². The van der Waals surface area contributed by atoms with E-state index < -0.39 is 6.61 Å². The highest BCUT2D eigenvalue weighted by atomic mass is 19.3. The second-order valence-corrected chi connectivity index (χ2v) is 3.95. The number of benzene rings is 1. The molecule has 0 fully saturated rings. The van der Waals surface area contributed by atoms with Gasteiger partial charge in [0.2, 0.25) is 5.88 Å². The Morgan fingerprint density at radius 2 is 1.90 bits per heavy atom. The summed E-state index contributed by atoms with van der Waals surface area (Å²) >= 11 is 0. The predicted octanol–water partition coefficient (Wildman–Crippen LogP) is 2.94. The van der Waals surface area contributed by atoms with E-state index in [-0.39, 0.29) is 11.7 Å². The highest BCUT2D eigenvalue weighted by Crippen LogP contribution is 2.18. The van der Waals surface area contributed by atoms with Crippen LogP contribution in [0, 0.1) is 0 Å². The average Bonchev–Trinajstić information content (AvgIpc) is 2.49. The Morgan fingerprint density at radius 3 is 2.43 bits per heavy atom. The van der Waals surface area contributed by atoms with Crippen molar-refractivity contribution in [3.8, 4) is 11.6 Å². The lowest BCUT2D eigenvalue weighted by Gasteiger charge is -2.07. The molecule has 2 rings (SSSR count). The predicted molar refractivity (Wildman–Crippen MR) is 71.8 cm³/mol. The summed E-state index contributed by atoms with van der Waals surface area (Å²) in [7, 11) is 1.48. The number of amides is 1. The molecule has 1 aromatic heterocycles. The highest BCUT2D eigenvalue weighted by molar-refractivity contribution is 6.04. The summed E-state index contributed by atoms with van der Waals surface area (Å²) in [5, 5.41) is 2.61. The fourth-order valence-corrected chi connectivity index (χ4v) is 1.56. The van der Waals surface area contributed by atoms with Gasteiger partial charge in [-0.05, 0) is 30.3 Å². The Hall–Kier alpha value is -2.70. The molecule has 0 aliphatic rings. The number of aromatic nitrogens is 1. The van der Waals surface area contributed by atoms with Gasteiger partial charge >= 0.3 is 6.61 Å². The summed E-state index contributed by atoms with van der Waals surface area (Å²) in [6.07, 6.45) is 1.38. The quantitative estimate of drug-likeness (QED) is 0.921. The molecule has 0 bridgehead atoms. The lowest BCUT2D eigenvalue weighted by atomic mass is 10.2. The molecule has 0 aliphatic heterocycles. The van der Waals surface area contributed by atoms with Crippen LogP contribution in [0.1, 0.15) is 10.4 Å². The molecule has 0 saturated carbocycles. The first kappa shape index (κ1) is 14.7. The van der Waals surface area contributed by atoms with Gasteiger partial charge in [-0.1, -0.05) is 0 Å². The van der Waals surface area contributed by atoms with E-state index >= 15 is 0 Å². The van der Waals surface area contributed by atoms with Crippen molar-refractivity contribution in [1.29, 1.82) is 0 Å². The highest BCUT2D eigenvalue weighted by Gasteiger charge is 2.08. The number of carbonyl (C=O) groups is 1. The van der Waals surface area contributed by atoms with Crippen LogP contribution < -0.4 is 14.8 Å². The van der Waals surface area contributed by atoms with Gasteiger partial charge in [0.05, 0.1) is 12.7 Å². The normalized spacial score (nSPS) is 10.3. The molecule has 1 aromatic carbocycles. The Labute approximate surface area is 119 Å². The van der Waals surface area contributed by atoms with Crippen molar-refractivity contribution < 1.29 is 23.0 Å². The first-order chi connectivity index (χ1) is 10.1. The number of pyridine rings is 1. The Balaban J connectivity index is 2.01. The number of methoxy groups -OCH3 is 1. The third-order valence-electron chi connectivity index (χ3n) is 2.55. The SMILES string of the molecule is COc1ccc(C(=O)Nc2ccc(OC(F)F)cc2)cn1. The average molecular weight is 294 g/mol. The van der Waals surface area contributed by atoms with Gasteiger partial charge in [0.25, 0.3) is 5.91 Å². The molecule has 0 spiro atoms. The number of carbonyl (C=O) groups excluding carboxylic acids is 1. The molecule has 0 aliphatic carbocycles. The number of ether oxygens (including phenoxy) is 2. The number of nitrogens with zero attached hydrogens (tertiary/aromatic N) is 1. The number of hydrogen-bond acceptors (Lipinski definition) is 4. The first-order valence-corrected chi connectivity index (χ1v) is 5.95. The molecule has 110 valence electrons. The van der Waals surface area contributed by atoms with Gasteiger partial charge in [0.15, 0.2) is 0 Å². The smallest absolute Gasteiger partial charge is 0.387 e. The third kappa shape index (κ3) is 4.13. The van der Waals surface area contributed by atoms with Crippen LogP contribution in [0.25, 0.3) is 0 Å². The molecule has 2 aromatic rings. The van der Waals surface area contributed by atoms with Crippen LogP contribution in [0.4, 0.5) is 14.5 Å². The van der Waals surface area contributed by atoms with Crippen molar-refractivity contribution in [2.24, 2.45) is 0 Å². The van der Waals surface area contributed by atoms with Crippen LogP contribution in [-0.2, 0) is 0 Å². The summed E-state index contributed by atoms with van der Waals surface area (Å²) in [6, 6.07) is 8.74. The topological polar surface area (TPSA) is 60.5 Å². The van der Waals surface area contributed by atoms with Crippen molar-refractivity contribution in [2.75, 3.05) is 12.4 Å². The minimum atomic E-state index is -2.88. The standard InChI is InChI=1S/C14H12F2N2O3/c1-20-12-7-2-9(8-17-12)13(19)18-10-3-5-11(6-4-10)21-14(15)16/h2-8,14H,1H3,(H,18,19). The van der Waals surface area contributed by atoms with Gasteiger partial charge in [0, 0.05) is 18.0 Å². The molecule has 0 radical (unpaired) electrons. The summed E-state index contributed by atoms with van der Waals surface area (Å²) in [5.41, 5.74) is 0.807. The summed E-state index contributed by atoms with van der Waals surface area (Å²) in [5.74, 6) is 0.0573. The zero-order chi connectivity index (χ0) is 15.2. The van der Waals surface area contributed by atoms with Gasteiger partial charge in [0.1, 0.15) is 5.75 Å². The molecule has 1 heterocycles. The van der Waals surface area contributed by atoms with E-state index in [0.717, 1.165) is 0 Å². The second-order valence-electron chi connectivity index (χ2n) is 3.95. The van der Waals surface area contributed by atoms with E-state index in [2.05, 4.69) is 15.0 Å². The number of rotatable bonds is 5. The van der Waals surface area contributed by atoms with Crippen LogP contribution in [0.2, 0.25) is 0 Å². The summed E-state index contributed by atoms with van der Waals surface area (Å²) < 4.78 is 33.1. The Morgan fingerprint density at radius 1 is 1.19 bits per heavy atom. The van der Waals surface area contributed by atoms with Gasteiger partial charge in [-0.15, -0.1) is 0 Å². The fraction of sp³-hybridized carbons (Fsp3) is 0.143.